The lowest BCUT2D eigenvalue weighted by Crippen LogP contribution is -2.14. The number of nitrogens with zero attached hydrogens (tertiary/aromatic N) is 1. The lowest BCUT2D eigenvalue weighted by Gasteiger charge is -2.11. The van der Waals surface area contributed by atoms with E-state index in [1.807, 2.05) is 19.1 Å². The molecule has 0 radical (unpaired) electrons. The van der Waals surface area contributed by atoms with Crippen LogP contribution in [-0.2, 0) is 0 Å². The number of nitrogens with one attached hydrogen (secondary N) is 2. The van der Waals surface area contributed by atoms with E-state index in [9.17, 15) is 9.18 Å². The van der Waals surface area contributed by atoms with Gasteiger partial charge in [0, 0.05) is 10.7 Å². The highest BCUT2D eigenvalue weighted by Gasteiger charge is 2.16. The second kappa shape index (κ2) is 7.72. The van der Waals surface area contributed by atoms with Crippen molar-refractivity contribution in [3.05, 3.63) is 81.7 Å². The zero-order valence-corrected chi connectivity index (χ0v) is 15.2. The molecule has 4 nitrogen and oxygen atoms in total. The number of halogens is 3. The molecule has 0 spiro atoms. The highest BCUT2D eigenvalue weighted by atomic mass is 35.5. The molecular weight excluding hydrogens is 376 g/mol. The van der Waals surface area contributed by atoms with Gasteiger partial charge >= 0.3 is 0 Å². The molecule has 0 aliphatic carbocycles. The zero-order chi connectivity index (χ0) is 18.7. The Morgan fingerprint density at radius 1 is 1.12 bits per heavy atom. The first kappa shape index (κ1) is 18.2. The van der Waals surface area contributed by atoms with Crippen molar-refractivity contribution in [1.82, 2.24) is 4.98 Å². The lowest BCUT2D eigenvalue weighted by atomic mass is 10.2. The van der Waals surface area contributed by atoms with Gasteiger partial charge in [0.25, 0.3) is 5.91 Å². The maximum absolute atomic E-state index is 13.8. The summed E-state index contributed by atoms with van der Waals surface area (Å²) in [6.45, 7) is 1.95. The maximum atomic E-state index is 13.8. The number of aryl methyl sites for hydroxylation is 1. The van der Waals surface area contributed by atoms with E-state index in [2.05, 4.69) is 15.6 Å². The molecule has 2 aromatic carbocycles. The molecule has 2 N–H and O–H groups in total. The van der Waals surface area contributed by atoms with Crippen LogP contribution in [0, 0.1) is 12.7 Å². The predicted octanol–water partition coefficient (Wildman–Crippen LogP) is 5.83. The van der Waals surface area contributed by atoms with Crippen LogP contribution in [0.4, 0.5) is 21.6 Å². The third-order valence-corrected chi connectivity index (χ3v) is 4.22. The van der Waals surface area contributed by atoms with Crippen molar-refractivity contribution in [3.8, 4) is 0 Å². The van der Waals surface area contributed by atoms with Gasteiger partial charge in [0.1, 0.15) is 11.6 Å². The van der Waals surface area contributed by atoms with Gasteiger partial charge in [-0.15, -0.1) is 0 Å². The molecule has 7 heteroatoms. The molecule has 1 heterocycles. The first-order valence-corrected chi connectivity index (χ1v) is 8.44. The first-order valence-electron chi connectivity index (χ1n) is 7.68. The molecule has 0 fully saturated rings. The third-order valence-electron chi connectivity index (χ3n) is 3.67. The molecule has 0 aliphatic heterocycles. The number of rotatable bonds is 4. The van der Waals surface area contributed by atoms with Gasteiger partial charge in [-0.1, -0.05) is 35.3 Å². The predicted molar refractivity (Wildman–Crippen MR) is 103 cm³/mol. The summed E-state index contributed by atoms with van der Waals surface area (Å²) in [7, 11) is 0. The van der Waals surface area contributed by atoms with Crippen molar-refractivity contribution in [2.75, 3.05) is 10.6 Å². The van der Waals surface area contributed by atoms with Crippen molar-refractivity contribution < 1.29 is 9.18 Å². The van der Waals surface area contributed by atoms with Crippen molar-refractivity contribution in [1.29, 1.82) is 0 Å². The van der Waals surface area contributed by atoms with Crippen LogP contribution >= 0.6 is 23.2 Å². The van der Waals surface area contributed by atoms with E-state index in [0.29, 0.717) is 16.5 Å². The largest absolute Gasteiger partial charge is 0.340 e. The van der Waals surface area contributed by atoms with Gasteiger partial charge in [0.15, 0.2) is 0 Å². The van der Waals surface area contributed by atoms with Crippen LogP contribution in [0.25, 0.3) is 0 Å². The fourth-order valence-corrected chi connectivity index (χ4v) is 2.74. The molecule has 0 unspecified atom stereocenters. The van der Waals surface area contributed by atoms with E-state index >= 15 is 0 Å². The number of carbonyl (C=O) groups excluding carboxylic acids is 1. The molecule has 26 heavy (non-hydrogen) atoms. The number of carbonyl (C=O) groups is 1. The minimum absolute atomic E-state index is 0.0465. The van der Waals surface area contributed by atoms with E-state index in [4.69, 9.17) is 23.2 Å². The Morgan fingerprint density at radius 3 is 2.62 bits per heavy atom. The van der Waals surface area contributed by atoms with E-state index in [-0.39, 0.29) is 10.6 Å². The monoisotopic (exact) mass is 389 g/mol. The number of aromatic nitrogens is 1. The average molecular weight is 390 g/mol. The van der Waals surface area contributed by atoms with Crippen LogP contribution in [0.3, 0.4) is 0 Å². The first-order chi connectivity index (χ1) is 12.4. The minimum atomic E-state index is -0.683. The highest BCUT2D eigenvalue weighted by molar-refractivity contribution is 6.34. The molecule has 0 saturated carbocycles. The summed E-state index contributed by atoms with van der Waals surface area (Å²) >= 11 is 11.9. The maximum Gasteiger partial charge on any atom is 0.260 e. The molecule has 0 aliphatic rings. The lowest BCUT2D eigenvalue weighted by molar-refractivity contribution is 0.102. The highest BCUT2D eigenvalue weighted by Crippen LogP contribution is 2.24. The Morgan fingerprint density at radius 2 is 1.92 bits per heavy atom. The summed E-state index contributed by atoms with van der Waals surface area (Å²) in [5, 5.41) is 6.39. The second-order valence-corrected chi connectivity index (χ2v) is 6.41. The van der Waals surface area contributed by atoms with Crippen LogP contribution in [0.5, 0.6) is 0 Å². The number of pyridine rings is 1. The second-order valence-electron chi connectivity index (χ2n) is 5.57. The van der Waals surface area contributed by atoms with Gasteiger partial charge in [-0.25, -0.2) is 9.37 Å². The van der Waals surface area contributed by atoms with Gasteiger partial charge in [0.2, 0.25) is 0 Å². The average Bonchev–Trinajstić information content (AvgIpc) is 2.60. The number of amides is 1. The summed E-state index contributed by atoms with van der Waals surface area (Å²) in [5.41, 5.74) is 2.07. The van der Waals surface area contributed by atoms with Crippen LogP contribution < -0.4 is 10.6 Å². The van der Waals surface area contributed by atoms with Gasteiger partial charge in [-0.3, -0.25) is 4.79 Å². The fourth-order valence-electron chi connectivity index (χ4n) is 2.32. The molecule has 1 aromatic heterocycles. The van der Waals surface area contributed by atoms with Gasteiger partial charge in [-0.05, 0) is 48.9 Å². The molecule has 0 saturated heterocycles. The minimum Gasteiger partial charge on any atom is -0.340 e. The molecule has 132 valence electrons. The van der Waals surface area contributed by atoms with Crippen molar-refractivity contribution in [3.63, 3.8) is 0 Å². The molecule has 0 atom stereocenters. The van der Waals surface area contributed by atoms with Crippen LogP contribution in [0.1, 0.15) is 15.9 Å². The van der Waals surface area contributed by atoms with E-state index < -0.39 is 11.7 Å². The summed E-state index contributed by atoms with van der Waals surface area (Å²) in [4.78, 5) is 16.5. The van der Waals surface area contributed by atoms with Crippen LogP contribution in [0.2, 0.25) is 10.0 Å². The topological polar surface area (TPSA) is 54.0 Å². The summed E-state index contributed by atoms with van der Waals surface area (Å²) in [6.07, 6.45) is 1.47. The SMILES string of the molecule is Cc1ccc(Cl)cc1Nc1ccc(NC(=O)c2c(F)cccc2Cl)cn1. The Kier molecular flexibility index (Phi) is 5.40. The number of benzene rings is 2. The van der Waals surface area contributed by atoms with E-state index in [1.165, 1.54) is 24.4 Å². The number of hydrogen-bond donors (Lipinski definition) is 2. The molecule has 3 aromatic rings. The molecular formula is C19H14Cl2FN3O. The number of hydrogen-bond acceptors (Lipinski definition) is 3. The summed E-state index contributed by atoms with van der Waals surface area (Å²) in [6, 6.07) is 12.9. The van der Waals surface area contributed by atoms with Crippen LogP contribution in [0.15, 0.2) is 54.7 Å². The summed E-state index contributed by atoms with van der Waals surface area (Å²) in [5.74, 6) is -0.740. The van der Waals surface area contributed by atoms with E-state index in [1.54, 1.807) is 18.2 Å². The third kappa shape index (κ3) is 4.12. The molecule has 0 bridgehead atoms. The quantitative estimate of drug-likeness (QED) is 0.589. The standard InChI is InChI=1S/C19H14Cl2FN3O/c1-11-5-6-12(20)9-16(11)25-17-8-7-13(10-23-17)24-19(26)18-14(21)3-2-4-15(18)22/h2-10H,1H3,(H,23,25)(H,24,26). The smallest absolute Gasteiger partial charge is 0.260 e. The zero-order valence-electron chi connectivity index (χ0n) is 13.7. The number of anilines is 3. The van der Waals surface area contributed by atoms with E-state index in [0.717, 1.165) is 11.3 Å². The van der Waals surface area contributed by atoms with Gasteiger partial charge in [0.05, 0.1) is 22.5 Å². The van der Waals surface area contributed by atoms with Crippen molar-refractivity contribution in [2.45, 2.75) is 6.92 Å². The Labute approximate surface area is 160 Å². The Balaban J connectivity index is 1.74. The van der Waals surface area contributed by atoms with Crippen molar-refractivity contribution in [2.24, 2.45) is 0 Å². The normalized spacial score (nSPS) is 10.5. The summed E-state index contributed by atoms with van der Waals surface area (Å²) < 4.78 is 13.8. The fraction of sp³-hybridized carbons (Fsp3) is 0.0526. The van der Waals surface area contributed by atoms with Crippen LogP contribution in [-0.4, -0.2) is 10.9 Å². The Hall–Kier alpha value is -2.63. The molecule has 3 rings (SSSR count). The molecule has 1 amide bonds. The van der Waals surface area contributed by atoms with Crippen molar-refractivity contribution >= 4 is 46.3 Å². The Bertz CT molecular complexity index is 941. The van der Waals surface area contributed by atoms with Gasteiger partial charge in [-0.2, -0.15) is 0 Å². The van der Waals surface area contributed by atoms with Gasteiger partial charge < -0.3 is 10.6 Å².